The lowest BCUT2D eigenvalue weighted by atomic mass is 10.1. The van der Waals surface area contributed by atoms with E-state index in [-0.39, 0.29) is 11.7 Å². The minimum Gasteiger partial charge on any atom is -0.350 e. The fraction of sp³-hybridized carbons (Fsp3) is 0.933. The Balaban J connectivity index is 2.04. The molecule has 1 rings (SSSR count). The summed E-state index contributed by atoms with van der Waals surface area (Å²) in [5.41, 5.74) is 0. The van der Waals surface area contributed by atoms with Crippen molar-refractivity contribution in [2.24, 2.45) is 0 Å². The van der Waals surface area contributed by atoms with E-state index >= 15 is 0 Å². The van der Waals surface area contributed by atoms with E-state index in [1.807, 2.05) is 35.7 Å². The number of nitrogens with zero attached hydrogens (tertiary/aromatic N) is 1. The monoisotopic (exact) mass is 399 g/mol. The van der Waals surface area contributed by atoms with Crippen LogP contribution in [-0.2, 0) is 14.9 Å². The van der Waals surface area contributed by atoms with Gasteiger partial charge in [-0.25, -0.2) is 0 Å². The molecule has 0 aromatic heterocycles. The van der Waals surface area contributed by atoms with E-state index in [1.165, 1.54) is 18.6 Å². The van der Waals surface area contributed by atoms with Crippen molar-refractivity contribution in [1.29, 1.82) is 0 Å². The molecule has 2 N–H and O–H groups in total. The minimum absolute atomic E-state index is 0.0985. The average Bonchev–Trinajstić information content (AvgIpc) is 2.95. The molecule has 0 unspecified atom stereocenters. The first-order valence-corrected chi connectivity index (χ1v) is 12.5. The highest BCUT2D eigenvalue weighted by molar-refractivity contribution is 8.77. The molecule has 0 aliphatic carbocycles. The average molecular weight is 400 g/mol. The van der Waals surface area contributed by atoms with Crippen molar-refractivity contribution in [1.82, 2.24) is 5.32 Å². The summed E-state index contributed by atoms with van der Waals surface area (Å²) in [6, 6.07) is 0. The SMILES string of the molecule is C[N+](C)(CCCS(=O)(=O)O)CCNC(=O)CCCC[C@@H]1CCSS1. The number of hydrogen-bond donors (Lipinski definition) is 2. The van der Waals surface area contributed by atoms with Crippen LogP contribution in [0.1, 0.15) is 38.5 Å². The molecule has 1 aliphatic rings. The summed E-state index contributed by atoms with van der Waals surface area (Å²) in [6.07, 6.45) is 5.57. The molecule has 0 bridgehead atoms. The third-order valence-electron chi connectivity index (χ3n) is 4.11. The number of unbranched alkanes of at least 4 members (excludes halogenated alkanes) is 1. The number of carbonyl (C=O) groups excluding carboxylic acids is 1. The highest BCUT2D eigenvalue weighted by Crippen LogP contribution is 2.39. The van der Waals surface area contributed by atoms with Crippen LogP contribution in [0.15, 0.2) is 0 Å². The zero-order valence-corrected chi connectivity index (χ0v) is 17.1. The van der Waals surface area contributed by atoms with Crippen molar-refractivity contribution >= 4 is 37.6 Å². The van der Waals surface area contributed by atoms with E-state index in [9.17, 15) is 13.2 Å². The molecule has 1 amide bonds. The second kappa shape index (κ2) is 10.9. The van der Waals surface area contributed by atoms with Gasteiger partial charge in [0.2, 0.25) is 5.91 Å². The maximum atomic E-state index is 11.8. The topological polar surface area (TPSA) is 83.5 Å². The third kappa shape index (κ3) is 11.6. The molecule has 0 aromatic rings. The summed E-state index contributed by atoms with van der Waals surface area (Å²) in [5, 5.41) is 3.72. The highest BCUT2D eigenvalue weighted by Gasteiger charge is 2.17. The molecular formula is C15H31N2O4S3+. The van der Waals surface area contributed by atoms with Gasteiger partial charge in [0, 0.05) is 23.8 Å². The zero-order chi connectivity index (χ0) is 18.1. The fourth-order valence-corrected chi connectivity index (χ4v) is 6.12. The fourth-order valence-electron chi connectivity index (χ4n) is 2.60. The second-order valence-corrected chi connectivity index (χ2v) is 11.3. The summed E-state index contributed by atoms with van der Waals surface area (Å²) in [7, 11) is 4.05. The molecule has 24 heavy (non-hydrogen) atoms. The number of likely N-dealkylation sites (N-methyl/N-ethyl adjacent to an activating group) is 1. The Morgan fingerprint density at radius 2 is 2.00 bits per heavy atom. The van der Waals surface area contributed by atoms with Gasteiger partial charge in [-0.15, -0.1) is 0 Å². The lowest BCUT2D eigenvalue weighted by Gasteiger charge is -2.29. The smallest absolute Gasteiger partial charge is 0.265 e. The van der Waals surface area contributed by atoms with Gasteiger partial charge in [0.15, 0.2) is 0 Å². The van der Waals surface area contributed by atoms with Crippen LogP contribution in [-0.4, -0.2) is 73.8 Å². The number of hydrogen-bond acceptors (Lipinski definition) is 5. The van der Waals surface area contributed by atoms with Gasteiger partial charge in [-0.05, 0) is 19.3 Å². The van der Waals surface area contributed by atoms with Crippen molar-refractivity contribution in [3.05, 3.63) is 0 Å². The van der Waals surface area contributed by atoms with Gasteiger partial charge >= 0.3 is 0 Å². The van der Waals surface area contributed by atoms with Crippen molar-refractivity contribution in [3.63, 3.8) is 0 Å². The third-order valence-corrected chi connectivity index (χ3v) is 7.92. The summed E-state index contributed by atoms with van der Waals surface area (Å²) >= 11 is 0. The van der Waals surface area contributed by atoms with Gasteiger partial charge in [-0.3, -0.25) is 9.35 Å². The molecular weight excluding hydrogens is 368 g/mol. The summed E-state index contributed by atoms with van der Waals surface area (Å²) in [4.78, 5) is 11.8. The molecule has 1 saturated heterocycles. The number of nitrogens with one attached hydrogen (secondary N) is 1. The Morgan fingerprint density at radius 3 is 2.62 bits per heavy atom. The standard InChI is InChI=1S/C15H30N2O4S3/c1-17(2,10-5-13-24(19,20)21)11-9-16-15(18)7-4-3-6-14-8-12-22-23-14/h14H,3-13H2,1-2H3,(H-,16,18,19,20,21)/p+1/t14-/m1/s1. The van der Waals surface area contributed by atoms with Gasteiger partial charge in [0.1, 0.15) is 0 Å². The Labute approximate surface area is 154 Å². The molecule has 9 heteroatoms. The van der Waals surface area contributed by atoms with Crippen molar-refractivity contribution in [2.75, 3.05) is 45.2 Å². The number of quaternary nitrogens is 1. The van der Waals surface area contributed by atoms with E-state index in [4.69, 9.17) is 4.55 Å². The first-order chi connectivity index (χ1) is 11.2. The Morgan fingerprint density at radius 1 is 1.25 bits per heavy atom. The van der Waals surface area contributed by atoms with Crippen LogP contribution in [0.3, 0.4) is 0 Å². The molecule has 0 aromatic carbocycles. The van der Waals surface area contributed by atoms with E-state index < -0.39 is 10.1 Å². The molecule has 1 aliphatic heterocycles. The molecule has 0 spiro atoms. The van der Waals surface area contributed by atoms with Crippen molar-refractivity contribution in [3.8, 4) is 0 Å². The predicted molar refractivity (Wildman–Crippen MR) is 103 cm³/mol. The van der Waals surface area contributed by atoms with Crippen LogP contribution in [0, 0.1) is 0 Å². The quantitative estimate of drug-likeness (QED) is 0.226. The Hall–Kier alpha value is 0.0400. The lowest BCUT2D eigenvalue weighted by Crippen LogP contribution is -2.46. The largest absolute Gasteiger partial charge is 0.350 e. The molecule has 142 valence electrons. The van der Waals surface area contributed by atoms with Crippen LogP contribution >= 0.6 is 21.6 Å². The normalized spacial score (nSPS) is 18.7. The lowest BCUT2D eigenvalue weighted by molar-refractivity contribution is -0.889. The Kier molecular flexibility index (Phi) is 10.0. The molecule has 1 fully saturated rings. The number of amides is 1. The van der Waals surface area contributed by atoms with E-state index in [2.05, 4.69) is 5.32 Å². The van der Waals surface area contributed by atoms with Crippen LogP contribution < -0.4 is 5.32 Å². The van der Waals surface area contributed by atoms with Gasteiger partial charge in [-0.2, -0.15) is 8.42 Å². The van der Waals surface area contributed by atoms with Gasteiger partial charge < -0.3 is 9.80 Å². The maximum Gasteiger partial charge on any atom is 0.265 e. The van der Waals surface area contributed by atoms with Crippen LogP contribution in [0.5, 0.6) is 0 Å². The predicted octanol–water partition coefficient (Wildman–Crippen LogP) is 2.17. The maximum absolute atomic E-state index is 11.8. The van der Waals surface area contributed by atoms with E-state index in [1.54, 1.807) is 0 Å². The van der Waals surface area contributed by atoms with Crippen molar-refractivity contribution < 1.29 is 22.2 Å². The molecule has 6 nitrogen and oxygen atoms in total. The highest BCUT2D eigenvalue weighted by atomic mass is 33.1. The summed E-state index contributed by atoms with van der Waals surface area (Å²) < 4.78 is 30.8. The minimum atomic E-state index is -3.88. The molecule has 0 radical (unpaired) electrons. The first kappa shape index (κ1) is 22.1. The molecule has 1 heterocycles. The second-order valence-electron chi connectivity index (χ2n) is 6.95. The summed E-state index contributed by atoms with van der Waals surface area (Å²) in [5.74, 6) is 1.15. The van der Waals surface area contributed by atoms with Crippen LogP contribution in [0.4, 0.5) is 0 Å². The van der Waals surface area contributed by atoms with Gasteiger partial charge in [-0.1, -0.05) is 28.0 Å². The molecule has 1 atom stereocenters. The Bertz CT molecular complexity index is 477. The zero-order valence-electron chi connectivity index (χ0n) is 14.7. The molecule has 0 saturated carbocycles. The van der Waals surface area contributed by atoms with Crippen LogP contribution in [0.25, 0.3) is 0 Å². The van der Waals surface area contributed by atoms with Gasteiger partial charge in [0.05, 0.1) is 39.5 Å². The first-order valence-electron chi connectivity index (χ1n) is 8.50. The van der Waals surface area contributed by atoms with Gasteiger partial charge in [0.25, 0.3) is 10.1 Å². The van der Waals surface area contributed by atoms with Crippen LogP contribution in [0.2, 0.25) is 0 Å². The number of rotatable bonds is 12. The summed E-state index contributed by atoms with van der Waals surface area (Å²) in [6.45, 7) is 1.98. The van der Waals surface area contributed by atoms with E-state index in [0.717, 1.165) is 24.6 Å². The van der Waals surface area contributed by atoms with E-state index in [0.29, 0.717) is 30.4 Å². The van der Waals surface area contributed by atoms with Crippen molar-refractivity contribution in [2.45, 2.75) is 43.8 Å². The number of carbonyl (C=O) groups is 1.